The van der Waals surface area contributed by atoms with E-state index in [1.54, 1.807) is 25.1 Å². The van der Waals surface area contributed by atoms with Crippen LogP contribution in [0.5, 0.6) is 0 Å². The lowest BCUT2D eigenvalue weighted by Gasteiger charge is -2.29. The lowest BCUT2D eigenvalue weighted by Crippen LogP contribution is -2.47. The first kappa shape index (κ1) is 21.8. The van der Waals surface area contributed by atoms with E-state index in [0.717, 1.165) is 11.1 Å². The standard InChI is InChI=1S/C24H24N2O5/c1-3-30-23(28)21-19(25-24(29)26-22(21)18-7-5-4-6-8-18)15-31-20(27)14-13-17-11-9-16(2)10-12-17/h4-14,22H,3,15H2,1-2H3,(H2,25,26,29)/b14-13+. The molecule has 1 aliphatic rings. The minimum atomic E-state index is -0.717. The summed E-state index contributed by atoms with van der Waals surface area (Å²) in [4.78, 5) is 37.0. The van der Waals surface area contributed by atoms with Crippen molar-refractivity contribution in [2.45, 2.75) is 19.9 Å². The summed E-state index contributed by atoms with van der Waals surface area (Å²) in [5.41, 5.74) is 3.07. The smallest absolute Gasteiger partial charge is 0.338 e. The number of benzene rings is 2. The first-order chi connectivity index (χ1) is 15.0. The molecule has 0 radical (unpaired) electrons. The summed E-state index contributed by atoms with van der Waals surface area (Å²) in [5, 5.41) is 5.30. The first-order valence-corrected chi connectivity index (χ1v) is 9.92. The number of urea groups is 1. The zero-order chi connectivity index (χ0) is 22.2. The summed E-state index contributed by atoms with van der Waals surface area (Å²) in [6, 6.07) is 15.5. The van der Waals surface area contributed by atoms with Gasteiger partial charge in [-0.3, -0.25) is 0 Å². The quantitative estimate of drug-likeness (QED) is 0.529. The van der Waals surface area contributed by atoms with Crippen LogP contribution in [0, 0.1) is 6.92 Å². The van der Waals surface area contributed by atoms with Gasteiger partial charge in [0.2, 0.25) is 0 Å². The van der Waals surface area contributed by atoms with E-state index >= 15 is 0 Å². The second-order valence-electron chi connectivity index (χ2n) is 6.91. The van der Waals surface area contributed by atoms with E-state index in [1.165, 1.54) is 6.08 Å². The molecule has 7 heteroatoms. The number of hydrogen-bond acceptors (Lipinski definition) is 5. The molecule has 3 rings (SSSR count). The molecule has 1 unspecified atom stereocenters. The van der Waals surface area contributed by atoms with Crippen LogP contribution in [-0.2, 0) is 19.1 Å². The van der Waals surface area contributed by atoms with Crippen molar-refractivity contribution in [3.8, 4) is 0 Å². The number of rotatable bonds is 7. The molecule has 0 aromatic heterocycles. The molecule has 0 saturated carbocycles. The number of hydrogen-bond donors (Lipinski definition) is 2. The van der Waals surface area contributed by atoms with Gasteiger partial charge < -0.3 is 20.1 Å². The molecule has 1 atom stereocenters. The second kappa shape index (κ2) is 10.2. The van der Waals surface area contributed by atoms with Crippen LogP contribution in [0.4, 0.5) is 4.79 Å². The number of carbonyl (C=O) groups excluding carboxylic acids is 3. The molecule has 2 amide bonds. The van der Waals surface area contributed by atoms with Gasteiger partial charge in [0.15, 0.2) is 0 Å². The third-order valence-corrected chi connectivity index (χ3v) is 4.63. The van der Waals surface area contributed by atoms with E-state index in [1.807, 2.05) is 49.4 Å². The highest BCUT2D eigenvalue weighted by Crippen LogP contribution is 2.27. The van der Waals surface area contributed by atoms with Crippen molar-refractivity contribution in [1.29, 1.82) is 0 Å². The molecule has 1 aliphatic heterocycles. The molecule has 31 heavy (non-hydrogen) atoms. The van der Waals surface area contributed by atoms with E-state index in [2.05, 4.69) is 10.6 Å². The highest BCUT2D eigenvalue weighted by atomic mass is 16.5. The van der Waals surface area contributed by atoms with E-state index in [-0.39, 0.29) is 24.5 Å². The summed E-state index contributed by atoms with van der Waals surface area (Å²) in [5.74, 6) is -1.19. The van der Waals surface area contributed by atoms with Crippen LogP contribution in [0.1, 0.15) is 29.7 Å². The molecular weight excluding hydrogens is 396 g/mol. The zero-order valence-electron chi connectivity index (χ0n) is 17.4. The Balaban J connectivity index is 1.80. The maximum Gasteiger partial charge on any atom is 0.338 e. The van der Waals surface area contributed by atoms with Crippen molar-refractivity contribution in [2.75, 3.05) is 13.2 Å². The van der Waals surface area contributed by atoms with Crippen LogP contribution >= 0.6 is 0 Å². The van der Waals surface area contributed by atoms with Gasteiger partial charge in [0.1, 0.15) is 6.61 Å². The van der Waals surface area contributed by atoms with Gasteiger partial charge in [-0.15, -0.1) is 0 Å². The summed E-state index contributed by atoms with van der Waals surface area (Å²) in [6.45, 7) is 3.57. The van der Waals surface area contributed by atoms with Crippen molar-refractivity contribution in [3.05, 3.63) is 88.6 Å². The van der Waals surface area contributed by atoms with Crippen molar-refractivity contribution in [3.63, 3.8) is 0 Å². The summed E-state index contributed by atoms with van der Waals surface area (Å²) in [6.07, 6.45) is 2.93. The lowest BCUT2D eigenvalue weighted by molar-refractivity contribution is -0.140. The van der Waals surface area contributed by atoms with Crippen LogP contribution in [0.2, 0.25) is 0 Å². The predicted molar refractivity (Wildman–Crippen MR) is 116 cm³/mol. The van der Waals surface area contributed by atoms with Crippen LogP contribution < -0.4 is 10.6 Å². The average molecular weight is 420 g/mol. The molecule has 0 spiro atoms. The largest absolute Gasteiger partial charge is 0.463 e. The fourth-order valence-electron chi connectivity index (χ4n) is 3.11. The Morgan fingerprint density at radius 1 is 1.03 bits per heavy atom. The molecule has 2 N–H and O–H groups in total. The predicted octanol–water partition coefficient (Wildman–Crippen LogP) is 3.42. The molecule has 7 nitrogen and oxygen atoms in total. The van der Waals surface area contributed by atoms with E-state index in [9.17, 15) is 14.4 Å². The monoisotopic (exact) mass is 420 g/mol. The number of esters is 2. The molecule has 0 fully saturated rings. The summed E-state index contributed by atoms with van der Waals surface area (Å²) < 4.78 is 10.5. The van der Waals surface area contributed by atoms with Crippen LogP contribution in [0.15, 0.2) is 71.9 Å². The number of carbonyl (C=O) groups is 3. The van der Waals surface area contributed by atoms with Gasteiger partial charge in [-0.1, -0.05) is 60.2 Å². The highest BCUT2D eigenvalue weighted by Gasteiger charge is 2.34. The summed E-state index contributed by atoms with van der Waals surface area (Å²) in [7, 11) is 0. The minimum absolute atomic E-state index is 0.171. The Hall–Kier alpha value is -3.87. The Kier molecular flexibility index (Phi) is 7.22. The van der Waals surface area contributed by atoms with Gasteiger partial charge in [-0.05, 0) is 31.1 Å². The fourth-order valence-corrected chi connectivity index (χ4v) is 3.11. The Bertz CT molecular complexity index is 1010. The van der Waals surface area contributed by atoms with Crippen molar-refractivity contribution >= 4 is 24.0 Å². The fraction of sp³-hybridized carbons (Fsp3) is 0.208. The highest BCUT2D eigenvalue weighted by molar-refractivity contribution is 5.95. The third kappa shape index (κ3) is 5.82. The Morgan fingerprint density at radius 2 is 1.74 bits per heavy atom. The van der Waals surface area contributed by atoms with Crippen LogP contribution in [0.3, 0.4) is 0 Å². The number of nitrogens with one attached hydrogen (secondary N) is 2. The van der Waals surface area contributed by atoms with Gasteiger partial charge in [-0.2, -0.15) is 0 Å². The minimum Gasteiger partial charge on any atom is -0.463 e. The normalized spacial score (nSPS) is 15.9. The SMILES string of the molecule is CCOC(=O)C1=C(COC(=O)/C=C/c2ccc(C)cc2)NC(=O)NC1c1ccccc1. The lowest BCUT2D eigenvalue weighted by atomic mass is 9.95. The van der Waals surface area contributed by atoms with Crippen molar-refractivity contribution in [1.82, 2.24) is 10.6 Å². The summed E-state index contributed by atoms with van der Waals surface area (Å²) >= 11 is 0. The van der Waals surface area contributed by atoms with Crippen LogP contribution in [-0.4, -0.2) is 31.2 Å². The maximum absolute atomic E-state index is 12.7. The Morgan fingerprint density at radius 3 is 2.42 bits per heavy atom. The van der Waals surface area contributed by atoms with Gasteiger partial charge in [0, 0.05) is 6.08 Å². The third-order valence-electron chi connectivity index (χ3n) is 4.63. The molecule has 1 heterocycles. The van der Waals surface area contributed by atoms with Crippen molar-refractivity contribution in [2.24, 2.45) is 0 Å². The molecule has 0 aliphatic carbocycles. The number of aryl methyl sites for hydroxylation is 1. The first-order valence-electron chi connectivity index (χ1n) is 9.92. The molecule has 2 aromatic rings. The van der Waals surface area contributed by atoms with E-state index in [4.69, 9.17) is 9.47 Å². The van der Waals surface area contributed by atoms with E-state index < -0.39 is 24.0 Å². The van der Waals surface area contributed by atoms with Crippen molar-refractivity contribution < 1.29 is 23.9 Å². The molecular formula is C24H24N2O5. The zero-order valence-corrected chi connectivity index (χ0v) is 17.4. The maximum atomic E-state index is 12.7. The van der Waals surface area contributed by atoms with Gasteiger partial charge in [0.05, 0.1) is 23.9 Å². The number of amides is 2. The van der Waals surface area contributed by atoms with E-state index in [0.29, 0.717) is 5.56 Å². The molecule has 0 saturated heterocycles. The molecule has 2 aromatic carbocycles. The Labute approximate surface area is 180 Å². The van der Waals surface area contributed by atoms with Gasteiger partial charge in [0.25, 0.3) is 0 Å². The van der Waals surface area contributed by atoms with Gasteiger partial charge in [-0.25, -0.2) is 14.4 Å². The average Bonchev–Trinajstić information content (AvgIpc) is 2.77. The number of ether oxygens (including phenoxy) is 2. The topological polar surface area (TPSA) is 93.7 Å². The van der Waals surface area contributed by atoms with Crippen LogP contribution in [0.25, 0.3) is 6.08 Å². The van der Waals surface area contributed by atoms with Gasteiger partial charge >= 0.3 is 18.0 Å². The molecule has 160 valence electrons. The molecule has 0 bridgehead atoms. The second-order valence-corrected chi connectivity index (χ2v) is 6.91.